The molecular weight excluding hydrogens is 259 g/mol. The summed E-state index contributed by atoms with van der Waals surface area (Å²) in [7, 11) is 1.47. The zero-order valence-corrected chi connectivity index (χ0v) is 12.0. The van der Waals surface area contributed by atoms with Gasteiger partial charge in [-0.15, -0.1) is 0 Å². The number of halogens is 1. The number of rotatable bonds is 2. The summed E-state index contributed by atoms with van der Waals surface area (Å²) in [5.74, 6) is 0.477. The van der Waals surface area contributed by atoms with Gasteiger partial charge in [-0.25, -0.2) is 9.37 Å². The number of methoxy groups -OCH3 is 1. The predicted octanol–water partition coefficient (Wildman–Crippen LogP) is 2.88. The van der Waals surface area contributed by atoms with Crippen LogP contribution in [0.2, 0.25) is 0 Å². The van der Waals surface area contributed by atoms with E-state index in [9.17, 15) is 9.18 Å². The van der Waals surface area contributed by atoms with E-state index in [2.05, 4.69) is 9.97 Å². The molecule has 106 valence electrons. The third kappa shape index (κ3) is 2.87. The van der Waals surface area contributed by atoms with Gasteiger partial charge in [0.1, 0.15) is 17.4 Å². The number of nitrogens with zero attached hydrogens (tertiary/aromatic N) is 1. The van der Waals surface area contributed by atoms with Crippen molar-refractivity contribution in [3.05, 3.63) is 46.3 Å². The molecule has 0 radical (unpaired) electrons. The molecule has 0 atom stereocenters. The van der Waals surface area contributed by atoms with Gasteiger partial charge in [0, 0.05) is 23.1 Å². The third-order valence-electron chi connectivity index (χ3n) is 2.90. The van der Waals surface area contributed by atoms with Crippen LogP contribution in [0.25, 0.3) is 11.3 Å². The second-order valence-electron chi connectivity index (χ2n) is 5.58. The Balaban J connectivity index is 2.59. The predicted molar refractivity (Wildman–Crippen MR) is 75.5 cm³/mol. The molecule has 0 aliphatic rings. The number of ether oxygens (including phenoxy) is 1. The summed E-state index contributed by atoms with van der Waals surface area (Å²) < 4.78 is 19.0. The molecule has 4 nitrogen and oxygen atoms in total. The van der Waals surface area contributed by atoms with Gasteiger partial charge in [-0.1, -0.05) is 20.8 Å². The minimum atomic E-state index is -0.470. The van der Waals surface area contributed by atoms with Crippen molar-refractivity contribution in [3.63, 3.8) is 0 Å². The Morgan fingerprint density at radius 2 is 1.95 bits per heavy atom. The van der Waals surface area contributed by atoms with Crippen LogP contribution >= 0.6 is 0 Å². The molecule has 0 spiro atoms. The van der Waals surface area contributed by atoms with Crippen molar-refractivity contribution in [2.75, 3.05) is 7.11 Å². The fourth-order valence-electron chi connectivity index (χ4n) is 1.78. The Bertz CT molecular complexity index is 687. The van der Waals surface area contributed by atoms with E-state index in [1.165, 1.54) is 19.2 Å². The van der Waals surface area contributed by atoms with Gasteiger partial charge in [0.15, 0.2) is 0 Å². The molecule has 1 aromatic heterocycles. The number of aromatic amines is 1. The second kappa shape index (κ2) is 5.07. The minimum Gasteiger partial charge on any atom is -0.497 e. The molecule has 0 amide bonds. The fourth-order valence-corrected chi connectivity index (χ4v) is 1.78. The number of hydrogen-bond donors (Lipinski definition) is 1. The SMILES string of the molecule is COc1ccc(-c2cc(=O)[nH]c(C(C)(C)C)n2)c(F)c1. The first kappa shape index (κ1) is 14.2. The maximum Gasteiger partial charge on any atom is 0.251 e. The van der Waals surface area contributed by atoms with Crippen LogP contribution < -0.4 is 10.3 Å². The molecule has 0 aliphatic carbocycles. The summed E-state index contributed by atoms with van der Waals surface area (Å²) in [6.45, 7) is 5.79. The van der Waals surface area contributed by atoms with Crippen LogP contribution in [0.15, 0.2) is 29.1 Å². The maximum atomic E-state index is 14.1. The highest BCUT2D eigenvalue weighted by Crippen LogP contribution is 2.25. The van der Waals surface area contributed by atoms with Gasteiger partial charge in [0.05, 0.1) is 12.8 Å². The highest BCUT2D eigenvalue weighted by molar-refractivity contribution is 5.60. The van der Waals surface area contributed by atoms with Crippen LogP contribution in [0.5, 0.6) is 5.75 Å². The lowest BCUT2D eigenvalue weighted by Crippen LogP contribution is -2.22. The lowest BCUT2D eigenvalue weighted by molar-refractivity contribution is 0.411. The van der Waals surface area contributed by atoms with E-state index < -0.39 is 5.82 Å². The molecule has 0 saturated carbocycles. The number of nitrogens with one attached hydrogen (secondary N) is 1. The van der Waals surface area contributed by atoms with Crippen LogP contribution in [0, 0.1) is 5.82 Å². The first-order valence-corrected chi connectivity index (χ1v) is 6.27. The monoisotopic (exact) mass is 276 g/mol. The molecule has 0 fully saturated rings. The van der Waals surface area contributed by atoms with Crippen molar-refractivity contribution in [3.8, 4) is 17.0 Å². The van der Waals surface area contributed by atoms with Gasteiger partial charge in [0.25, 0.3) is 5.56 Å². The normalized spacial score (nSPS) is 11.4. The highest BCUT2D eigenvalue weighted by Gasteiger charge is 2.19. The van der Waals surface area contributed by atoms with Crippen molar-refractivity contribution < 1.29 is 9.13 Å². The standard InChI is InChI=1S/C15H17FN2O2/c1-15(2,3)14-17-12(8-13(19)18-14)10-6-5-9(20-4)7-11(10)16/h5-8H,1-4H3,(H,17,18,19). The zero-order valence-electron chi connectivity index (χ0n) is 12.0. The molecule has 5 heteroatoms. The number of benzene rings is 1. The second-order valence-corrected chi connectivity index (χ2v) is 5.58. The van der Waals surface area contributed by atoms with Gasteiger partial charge >= 0.3 is 0 Å². The van der Waals surface area contributed by atoms with E-state index in [0.717, 1.165) is 0 Å². The Labute approximate surface area is 116 Å². The van der Waals surface area contributed by atoms with E-state index in [-0.39, 0.29) is 16.5 Å². The lowest BCUT2D eigenvalue weighted by Gasteiger charge is -2.17. The molecular formula is C15H17FN2O2. The van der Waals surface area contributed by atoms with E-state index in [4.69, 9.17) is 4.74 Å². The molecule has 0 unspecified atom stereocenters. The summed E-state index contributed by atoms with van der Waals surface area (Å²) in [6.07, 6.45) is 0. The van der Waals surface area contributed by atoms with Gasteiger partial charge in [0.2, 0.25) is 0 Å². The molecule has 1 heterocycles. The van der Waals surface area contributed by atoms with Gasteiger partial charge in [-0.3, -0.25) is 4.79 Å². The van der Waals surface area contributed by atoms with Crippen molar-refractivity contribution in [2.45, 2.75) is 26.2 Å². The number of hydrogen-bond acceptors (Lipinski definition) is 3. The summed E-state index contributed by atoms with van der Waals surface area (Å²) in [4.78, 5) is 18.8. The summed E-state index contributed by atoms with van der Waals surface area (Å²) >= 11 is 0. The van der Waals surface area contributed by atoms with Crippen LogP contribution in [0.3, 0.4) is 0 Å². The quantitative estimate of drug-likeness (QED) is 0.917. The summed E-state index contributed by atoms with van der Waals surface area (Å²) in [5, 5.41) is 0. The first-order chi connectivity index (χ1) is 9.31. The Hall–Kier alpha value is -2.17. The minimum absolute atomic E-state index is 0.280. The van der Waals surface area contributed by atoms with Crippen molar-refractivity contribution in [2.24, 2.45) is 0 Å². The van der Waals surface area contributed by atoms with Crippen molar-refractivity contribution in [1.82, 2.24) is 9.97 Å². The van der Waals surface area contributed by atoms with E-state index in [1.807, 2.05) is 20.8 Å². The molecule has 2 rings (SSSR count). The Morgan fingerprint density at radius 1 is 1.25 bits per heavy atom. The topological polar surface area (TPSA) is 55.0 Å². The molecule has 1 aromatic carbocycles. The van der Waals surface area contributed by atoms with E-state index >= 15 is 0 Å². The smallest absolute Gasteiger partial charge is 0.251 e. The highest BCUT2D eigenvalue weighted by atomic mass is 19.1. The van der Waals surface area contributed by atoms with Gasteiger partial charge in [-0.05, 0) is 12.1 Å². The summed E-state index contributed by atoms with van der Waals surface area (Å²) in [5.41, 5.74) is -0.0191. The molecule has 0 saturated heterocycles. The number of aromatic nitrogens is 2. The lowest BCUT2D eigenvalue weighted by atomic mass is 9.95. The molecule has 20 heavy (non-hydrogen) atoms. The molecule has 0 bridgehead atoms. The Morgan fingerprint density at radius 3 is 2.50 bits per heavy atom. The summed E-state index contributed by atoms with van der Waals surface area (Å²) in [6, 6.07) is 5.76. The maximum absolute atomic E-state index is 14.1. The largest absolute Gasteiger partial charge is 0.497 e. The average molecular weight is 276 g/mol. The number of H-pyrrole nitrogens is 1. The van der Waals surface area contributed by atoms with E-state index in [1.54, 1.807) is 12.1 Å². The average Bonchev–Trinajstić information content (AvgIpc) is 2.36. The van der Waals surface area contributed by atoms with Crippen molar-refractivity contribution in [1.29, 1.82) is 0 Å². The molecule has 0 aliphatic heterocycles. The van der Waals surface area contributed by atoms with E-state index in [0.29, 0.717) is 17.3 Å². The zero-order chi connectivity index (χ0) is 14.9. The molecule has 2 aromatic rings. The van der Waals surface area contributed by atoms with Crippen LogP contribution in [0.4, 0.5) is 4.39 Å². The van der Waals surface area contributed by atoms with Crippen molar-refractivity contribution >= 4 is 0 Å². The van der Waals surface area contributed by atoms with Crippen LogP contribution in [-0.2, 0) is 5.41 Å². The fraction of sp³-hybridized carbons (Fsp3) is 0.333. The van der Waals surface area contributed by atoms with Gasteiger partial charge in [-0.2, -0.15) is 0 Å². The van der Waals surface area contributed by atoms with Gasteiger partial charge < -0.3 is 9.72 Å². The molecule has 1 N–H and O–H groups in total. The first-order valence-electron chi connectivity index (χ1n) is 6.27. The third-order valence-corrected chi connectivity index (χ3v) is 2.90. The van der Waals surface area contributed by atoms with Crippen LogP contribution in [-0.4, -0.2) is 17.1 Å². The Kier molecular flexibility index (Phi) is 3.61. The van der Waals surface area contributed by atoms with Crippen LogP contribution in [0.1, 0.15) is 26.6 Å².